The minimum absolute atomic E-state index is 0.371. The first kappa shape index (κ1) is 11.0. The summed E-state index contributed by atoms with van der Waals surface area (Å²) in [5.41, 5.74) is 6.16. The first-order chi connectivity index (χ1) is 6.29. The summed E-state index contributed by atoms with van der Waals surface area (Å²) in [7, 11) is 2.05. The molecule has 0 radical (unpaired) electrons. The van der Waals surface area contributed by atoms with Gasteiger partial charge >= 0.3 is 0 Å². The number of rotatable bonds is 6. The van der Waals surface area contributed by atoms with Crippen LogP contribution in [0.3, 0.4) is 0 Å². The van der Waals surface area contributed by atoms with Crippen molar-refractivity contribution in [1.82, 2.24) is 5.32 Å². The molecule has 1 saturated carbocycles. The number of hydrogen-bond donors (Lipinski definition) is 2. The highest BCUT2D eigenvalue weighted by Crippen LogP contribution is 2.31. The standard InChI is InChI=1S/C11H24N2/c1-3-4-8-10(12)11(13-2)9-6-5-7-9/h9-11,13H,3-8,12H2,1-2H3. The molecule has 2 unspecified atom stereocenters. The molecule has 0 saturated heterocycles. The van der Waals surface area contributed by atoms with Crippen molar-refractivity contribution >= 4 is 0 Å². The summed E-state index contributed by atoms with van der Waals surface area (Å²) < 4.78 is 0. The topological polar surface area (TPSA) is 38.0 Å². The third-order valence-electron chi connectivity index (χ3n) is 3.34. The molecule has 3 N–H and O–H groups in total. The number of likely N-dealkylation sites (N-methyl/N-ethyl adjacent to an activating group) is 1. The van der Waals surface area contributed by atoms with Crippen LogP contribution in [-0.2, 0) is 0 Å². The van der Waals surface area contributed by atoms with E-state index in [1.807, 2.05) is 0 Å². The Bertz CT molecular complexity index is 132. The van der Waals surface area contributed by atoms with E-state index in [0.29, 0.717) is 12.1 Å². The van der Waals surface area contributed by atoms with E-state index in [4.69, 9.17) is 5.73 Å². The summed E-state index contributed by atoms with van der Waals surface area (Å²) in [6, 6.07) is 0.940. The minimum atomic E-state index is 0.371. The molecule has 2 nitrogen and oxygen atoms in total. The SMILES string of the molecule is CCCCC(N)C(NC)C1CCC1. The van der Waals surface area contributed by atoms with Gasteiger partial charge in [0.1, 0.15) is 0 Å². The summed E-state index contributed by atoms with van der Waals surface area (Å²) in [6.45, 7) is 2.23. The zero-order valence-corrected chi connectivity index (χ0v) is 9.05. The minimum Gasteiger partial charge on any atom is -0.326 e. The quantitative estimate of drug-likeness (QED) is 0.661. The highest BCUT2D eigenvalue weighted by molar-refractivity contribution is 4.88. The maximum atomic E-state index is 6.16. The molecule has 0 aromatic rings. The predicted molar refractivity (Wildman–Crippen MR) is 57.7 cm³/mol. The Kier molecular flexibility index (Phi) is 4.74. The average molecular weight is 184 g/mol. The van der Waals surface area contributed by atoms with Crippen molar-refractivity contribution in [3.63, 3.8) is 0 Å². The predicted octanol–water partition coefficient (Wildman–Crippen LogP) is 1.89. The zero-order valence-electron chi connectivity index (χ0n) is 9.05. The molecule has 0 bridgehead atoms. The van der Waals surface area contributed by atoms with E-state index >= 15 is 0 Å². The highest BCUT2D eigenvalue weighted by Gasteiger charge is 2.29. The van der Waals surface area contributed by atoms with Gasteiger partial charge in [-0.2, -0.15) is 0 Å². The van der Waals surface area contributed by atoms with Crippen LogP contribution in [0.2, 0.25) is 0 Å². The van der Waals surface area contributed by atoms with Gasteiger partial charge in [0.15, 0.2) is 0 Å². The molecule has 0 aliphatic heterocycles. The molecule has 0 heterocycles. The van der Waals surface area contributed by atoms with Crippen LogP contribution in [0.4, 0.5) is 0 Å². The van der Waals surface area contributed by atoms with Crippen LogP contribution in [0.15, 0.2) is 0 Å². The molecule has 2 heteroatoms. The van der Waals surface area contributed by atoms with Crippen LogP contribution in [0.25, 0.3) is 0 Å². The lowest BCUT2D eigenvalue weighted by atomic mass is 9.76. The third kappa shape index (κ3) is 2.96. The molecule has 78 valence electrons. The van der Waals surface area contributed by atoms with Crippen LogP contribution in [0, 0.1) is 5.92 Å². The Morgan fingerprint density at radius 2 is 2.15 bits per heavy atom. The smallest absolute Gasteiger partial charge is 0.0244 e. The van der Waals surface area contributed by atoms with Crippen molar-refractivity contribution in [1.29, 1.82) is 0 Å². The molecule has 2 atom stereocenters. The number of unbranched alkanes of at least 4 members (excludes halogenated alkanes) is 1. The number of nitrogens with one attached hydrogen (secondary N) is 1. The zero-order chi connectivity index (χ0) is 9.68. The van der Waals surface area contributed by atoms with Crippen molar-refractivity contribution < 1.29 is 0 Å². The highest BCUT2D eigenvalue weighted by atomic mass is 14.9. The summed E-state index contributed by atoms with van der Waals surface area (Å²) in [5.74, 6) is 0.858. The van der Waals surface area contributed by atoms with E-state index < -0.39 is 0 Å². The average Bonchev–Trinajstić information content (AvgIpc) is 2.06. The normalized spacial score (nSPS) is 22.4. The van der Waals surface area contributed by atoms with Gasteiger partial charge in [0.05, 0.1) is 0 Å². The van der Waals surface area contributed by atoms with Gasteiger partial charge in [0.25, 0.3) is 0 Å². The lowest BCUT2D eigenvalue weighted by molar-refractivity contribution is 0.206. The van der Waals surface area contributed by atoms with Crippen molar-refractivity contribution in [3.05, 3.63) is 0 Å². The van der Waals surface area contributed by atoms with Crippen LogP contribution in [0.1, 0.15) is 45.4 Å². The van der Waals surface area contributed by atoms with Crippen molar-refractivity contribution in [2.75, 3.05) is 7.05 Å². The Morgan fingerprint density at radius 3 is 2.54 bits per heavy atom. The van der Waals surface area contributed by atoms with Gasteiger partial charge in [-0.25, -0.2) is 0 Å². The fourth-order valence-corrected chi connectivity index (χ4v) is 2.22. The van der Waals surface area contributed by atoms with Crippen LogP contribution in [-0.4, -0.2) is 19.1 Å². The maximum Gasteiger partial charge on any atom is 0.0244 e. The van der Waals surface area contributed by atoms with Gasteiger partial charge in [-0.05, 0) is 32.2 Å². The second kappa shape index (κ2) is 5.61. The molecular weight excluding hydrogens is 160 g/mol. The van der Waals surface area contributed by atoms with Gasteiger partial charge < -0.3 is 11.1 Å². The van der Waals surface area contributed by atoms with Crippen molar-refractivity contribution in [2.45, 2.75) is 57.5 Å². The van der Waals surface area contributed by atoms with E-state index in [-0.39, 0.29) is 0 Å². The van der Waals surface area contributed by atoms with Gasteiger partial charge in [-0.15, -0.1) is 0 Å². The first-order valence-electron chi connectivity index (χ1n) is 5.72. The fourth-order valence-electron chi connectivity index (χ4n) is 2.22. The summed E-state index contributed by atoms with van der Waals surface area (Å²) in [6.07, 6.45) is 7.87. The number of nitrogens with two attached hydrogens (primary N) is 1. The molecule has 0 amide bonds. The largest absolute Gasteiger partial charge is 0.326 e. The summed E-state index contributed by atoms with van der Waals surface area (Å²) >= 11 is 0. The lowest BCUT2D eigenvalue weighted by Crippen LogP contribution is -2.50. The second-order valence-corrected chi connectivity index (χ2v) is 4.31. The van der Waals surface area contributed by atoms with Gasteiger partial charge in [0.2, 0.25) is 0 Å². The van der Waals surface area contributed by atoms with Crippen LogP contribution >= 0.6 is 0 Å². The van der Waals surface area contributed by atoms with E-state index in [1.54, 1.807) is 0 Å². The van der Waals surface area contributed by atoms with E-state index in [1.165, 1.54) is 38.5 Å². The molecule has 0 aromatic carbocycles. The molecule has 0 spiro atoms. The number of hydrogen-bond acceptors (Lipinski definition) is 2. The molecule has 0 aromatic heterocycles. The van der Waals surface area contributed by atoms with E-state index in [0.717, 1.165) is 5.92 Å². The Morgan fingerprint density at radius 1 is 1.46 bits per heavy atom. The molecule has 13 heavy (non-hydrogen) atoms. The second-order valence-electron chi connectivity index (χ2n) is 4.31. The Hall–Kier alpha value is -0.0800. The van der Waals surface area contributed by atoms with Crippen LogP contribution in [0.5, 0.6) is 0 Å². The Labute approximate surface area is 82.3 Å². The third-order valence-corrected chi connectivity index (χ3v) is 3.34. The Balaban J connectivity index is 2.26. The van der Waals surface area contributed by atoms with E-state index in [9.17, 15) is 0 Å². The van der Waals surface area contributed by atoms with Gasteiger partial charge in [-0.1, -0.05) is 26.2 Å². The first-order valence-corrected chi connectivity index (χ1v) is 5.72. The van der Waals surface area contributed by atoms with Crippen LogP contribution < -0.4 is 11.1 Å². The fraction of sp³-hybridized carbons (Fsp3) is 1.00. The molecule has 1 rings (SSSR count). The molecule has 1 aliphatic carbocycles. The maximum absolute atomic E-state index is 6.16. The lowest BCUT2D eigenvalue weighted by Gasteiger charge is -2.37. The molecular formula is C11H24N2. The van der Waals surface area contributed by atoms with Crippen molar-refractivity contribution in [2.24, 2.45) is 11.7 Å². The van der Waals surface area contributed by atoms with E-state index in [2.05, 4.69) is 19.3 Å². The monoisotopic (exact) mass is 184 g/mol. The summed E-state index contributed by atoms with van der Waals surface area (Å²) in [5, 5.41) is 3.39. The molecule has 1 fully saturated rings. The molecule has 1 aliphatic rings. The van der Waals surface area contributed by atoms with Gasteiger partial charge in [0, 0.05) is 12.1 Å². The van der Waals surface area contributed by atoms with Crippen molar-refractivity contribution in [3.8, 4) is 0 Å². The summed E-state index contributed by atoms with van der Waals surface area (Å²) in [4.78, 5) is 0. The van der Waals surface area contributed by atoms with Gasteiger partial charge in [-0.3, -0.25) is 0 Å².